The van der Waals surface area contributed by atoms with Crippen LogP contribution >= 0.6 is 0 Å². The third-order valence-corrected chi connectivity index (χ3v) is 3.84. The molecule has 0 N–H and O–H groups in total. The predicted octanol–water partition coefficient (Wildman–Crippen LogP) is 3.05. The van der Waals surface area contributed by atoms with Crippen molar-refractivity contribution in [2.24, 2.45) is 0 Å². The number of ketones is 1. The average Bonchev–Trinajstić information content (AvgIpc) is 2.66. The van der Waals surface area contributed by atoms with Gasteiger partial charge in [0.05, 0.1) is 39.4 Å². The van der Waals surface area contributed by atoms with Crippen molar-refractivity contribution in [2.45, 2.75) is 6.42 Å². The summed E-state index contributed by atoms with van der Waals surface area (Å²) in [4.78, 5) is 23.4. The number of nitro benzene ring substituents is 1. The normalized spacial score (nSPS) is 10.2. The quantitative estimate of drug-likeness (QED) is 0.405. The molecule has 0 unspecified atom stereocenters. The standard InChI is InChI=1S/C18H19NO7/c1-23-15-6-5-11(8-16(15)24-2)14(20)7-12-9-17(25-3)18(26-4)10-13(12)19(21)22/h5-6,8-10H,7H2,1-4H3. The Kier molecular flexibility index (Phi) is 6.00. The minimum absolute atomic E-state index is 0.174. The highest BCUT2D eigenvalue weighted by atomic mass is 16.6. The fraction of sp³-hybridized carbons (Fsp3) is 0.278. The van der Waals surface area contributed by atoms with Crippen LogP contribution in [0.1, 0.15) is 15.9 Å². The van der Waals surface area contributed by atoms with Gasteiger partial charge in [-0.05, 0) is 24.3 Å². The maximum atomic E-state index is 12.6. The van der Waals surface area contributed by atoms with E-state index in [9.17, 15) is 14.9 Å². The molecule has 0 spiro atoms. The molecule has 0 amide bonds. The van der Waals surface area contributed by atoms with Crippen LogP contribution in [0.25, 0.3) is 0 Å². The summed E-state index contributed by atoms with van der Waals surface area (Å²) in [6, 6.07) is 7.41. The van der Waals surface area contributed by atoms with Gasteiger partial charge in [-0.3, -0.25) is 14.9 Å². The van der Waals surface area contributed by atoms with Crippen molar-refractivity contribution in [1.82, 2.24) is 0 Å². The molecule has 0 heterocycles. The third-order valence-electron chi connectivity index (χ3n) is 3.84. The largest absolute Gasteiger partial charge is 0.493 e. The van der Waals surface area contributed by atoms with Crippen molar-refractivity contribution in [3.8, 4) is 23.0 Å². The molecule has 8 nitrogen and oxygen atoms in total. The first kappa shape index (κ1) is 19.0. The molecule has 0 aliphatic heterocycles. The van der Waals surface area contributed by atoms with Crippen molar-refractivity contribution < 1.29 is 28.7 Å². The van der Waals surface area contributed by atoms with Gasteiger partial charge in [-0.1, -0.05) is 0 Å². The molecular formula is C18H19NO7. The van der Waals surface area contributed by atoms with E-state index in [2.05, 4.69) is 0 Å². The number of rotatable bonds is 8. The molecule has 0 saturated carbocycles. The maximum Gasteiger partial charge on any atom is 0.277 e. The van der Waals surface area contributed by atoms with Gasteiger partial charge < -0.3 is 18.9 Å². The molecule has 138 valence electrons. The number of carbonyl (C=O) groups is 1. The van der Waals surface area contributed by atoms with Gasteiger partial charge in [0.2, 0.25) is 0 Å². The zero-order valence-corrected chi connectivity index (χ0v) is 14.9. The summed E-state index contributed by atoms with van der Waals surface area (Å²) in [6.45, 7) is 0. The van der Waals surface area contributed by atoms with Gasteiger partial charge in [-0.2, -0.15) is 0 Å². The molecule has 2 aromatic carbocycles. The molecule has 26 heavy (non-hydrogen) atoms. The second-order valence-electron chi connectivity index (χ2n) is 5.26. The lowest BCUT2D eigenvalue weighted by atomic mass is 10.0. The Balaban J connectivity index is 2.41. The third kappa shape index (κ3) is 3.85. The second kappa shape index (κ2) is 8.19. The highest BCUT2D eigenvalue weighted by Gasteiger charge is 2.22. The molecule has 0 aromatic heterocycles. The Morgan fingerprint density at radius 1 is 0.885 bits per heavy atom. The van der Waals surface area contributed by atoms with E-state index in [1.165, 1.54) is 46.6 Å². The molecule has 0 radical (unpaired) electrons. The topological polar surface area (TPSA) is 97.1 Å². The fourth-order valence-corrected chi connectivity index (χ4v) is 2.51. The number of nitro groups is 1. The molecule has 0 atom stereocenters. The molecule has 0 aliphatic rings. The Labute approximate surface area is 150 Å². The lowest BCUT2D eigenvalue weighted by molar-refractivity contribution is -0.385. The van der Waals surface area contributed by atoms with Gasteiger partial charge in [-0.15, -0.1) is 0 Å². The molecule has 0 bridgehead atoms. The first-order valence-corrected chi connectivity index (χ1v) is 7.59. The summed E-state index contributed by atoms with van der Waals surface area (Å²) in [5, 5.41) is 11.4. The van der Waals surface area contributed by atoms with E-state index >= 15 is 0 Å². The van der Waals surface area contributed by atoms with Gasteiger partial charge >= 0.3 is 0 Å². The fourth-order valence-electron chi connectivity index (χ4n) is 2.51. The zero-order valence-electron chi connectivity index (χ0n) is 14.9. The van der Waals surface area contributed by atoms with Gasteiger partial charge in [0, 0.05) is 17.5 Å². The predicted molar refractivity (Wildman–Crippen MR) is 93.8 cm³/mol. The molecule has 0 fully saturated rings. The Morgan fingerprint density at radius 2 is 1.42 bits per heavy atom. The van der Waals surface area contributed by atoms with E-state index in [4.69, 9.17) is 18.9 Å². The molecule has 2 rings (SSSR count). The number of ether oxygens (including phenoxy) is 4. The van der Waals surface area contributed by atoms with Gasteiger partial charge in [-0.25, -0.2) is 0 Å². The van der Waals surface area contributed by atoms with Crippen LogP contribution in [-0.4, -0.2) is 39.1 Å². The average molecular weight is 361 g/mol. The van der Waals surface area contributed by atoms with Crippen LogP contribution < -0.4 is 18.9 Å². The highest BCUT2D eigenvalue weighted by Crippen LogP contribution is 2.35. The smallest absolute Gasteiger partial charge is 0.277 e. The summed E-state index contributed by atoms with van der Waals surface area (Å²) in [5.41, 5.74) is 0.371. The molecular weight excluding hydrogens is 342 g/mol. The van der Waals surface area contributed by atoms with Crippen LogP contribution in [0.4, 0.5) is 5.69 Å². The number of hydrogen-bond acceptors (Lipinski definition) is 7. The molecule has 2 aromatic rings. The summed E-state index contributed by atoms with van der Waals surface area (Å²) in [5.74, 6) is 1.12. The summed E-state index contributed by atoms with van der Waals surface area (Å²) in [6.07, 6.45) is -0.174. The summed E-state index contributed by atoms with van der Waals surface area (Å²) in [7, 11) is 5.76. The van der Waals surface area contributed by atoms with E-state index in [1.807, 2.05) is 0 Å². The molecule has 0 saturated heterocycles. The lowest BCUT2D eigenvalue weighted by Gasteiger charge is -2.11. The van der Waals surface area contributed by atoms with Gasteiger partial charge in [0.1, 0.15) is 0 Å². The van der Waals surface area contributed by atoms with Crippen molar-refractivity contribution >= 4 is 11.5 Å². The van der Waals surface area contributed by atoms with Crippen molar-refractivity contribution in [2.75, 3.05) is 28.4 Å². The maximum absolute atomic E-state index is 12.6. The van der Waals surface area contributed by atoms with E-state index < -0.39 is 4.92 Å². The van der Waals surface area contributed by atoms with Gasteiger partial charge in [0.25, 0.3) is 5.69 Å². The van der Waals surface area contributed by atoms with Crippen molar-refractivity contribution in [3.05, 3.63) is 51.6 Å². The van der Waals surface area contributed by atoms with Crippen LogP contribution in [0.3, 0.4) is 0 Å². The second-order valence-corrected chi connectivity index (χ2v) is 5.26. The first-order valence-electron chi connectivity index (χ1n) is 7.59. The zero-order chi connectivity index (χ0) is 19.3. The van der Waals surface area contributed by atoms with Crippen LogP contribution in [0, 0.1) is 10.1 Å². The summed E-state index contributed by atoms with van der Waals surface area (Å²) >= 11 is 0. The van der Waals surface area contributed by atoms with Crippen LogP contribution in [-0.2, 0) is 6.42 Å². The number of benzene rings is 2. The van der Waals surface area contributed by atoms with Crippen molar-refractivity contribution in [3.63, 3.8) is 0 Å². The minimum atomic E-state index is -0.556. The molecule has 0 aliphatic carbocycles. The van der Waals surface area contributed by atoms with E-state index in [1.54, 1.807) is 12.1 Å². The number of methoxy groups -OCH3 is 4. The van der Waals surface area contributed by atoms with E-state index in [0.29, 0.717) is 22.8 Å². The number of Topliss-reactive ketones (excluding diaryl/α,β-unsaturated/α-hetero) is 1. The number of nitrogens with zero attached hydrogens (tertiary/aromatic N) is 1. The highest BCUT2D eigenvalue weighted by molar-refractivity contribution is 5.98. The first-order chi connectivity index (χ1) is 12.4. The van der Waals surface area contributed by atoms with E-state index in [-0.39, 0.29) is 29.2 Å². The Bertz CT molecular complexity index is 833. The Hall–Kier alpha value is -3.29. The monoisotopic (exact) mass is 361 g/mol. The lowest BCUT2D eigenvalue weighted by Crippen LogP contribution is -2.07. The van der Waals surface area contributed by atoms with Crippen molar-refractivity contribution in [1.29, 1.82) is 0 Å². The minimum Gasteiger partial charge on any atom is -0.493 e. The molecule has 8 heteroatoms. The Morgan fingerprint density at radius 3 is 1.96 bits per heavy atom. The number of carbonyl (C=O) groups excluding carboxylic acids is 1. The summed E-state index contributed by atoms with van der Waals surface area (Å²) < 4.78 is 20.6. The van der Waals surface area contributed by atoms with E-state index in [0.717, 1.165) is 0 Å². The van der Waals surface area contributed by atoms with Crippen LogP contribution in [0.5, 0.6) is 23.0 Å². The number of hydrogen-bond donors (Lipinski definition) is 0. The van der Waals surface area contributed by atoms with Crippen LogP contribution in [0.2, 0.25) is 0 Å². The van der Waals surface area contributed by atoms with Gasteiger partial charge in [0.15, 0.2) is 28.8 Å². The SMILES string of the molecule is COc1ccc(C(=O)Cc2cc(OC)c(OC)cc2[N+](=O)[O-])cc1OC. The van der Waals surface area contributed by atoms with Crippen LogP contribution in [0.15, 0.2) is 30.3 Å².